The Kier molecular flexibility index (Phi) is 3.84. The predicted molar refractivity (Wildman–Crippen MR) is 69.8 cm³/mol. The van der Waals surface area contributed by atoms with Crippen LogP contribution in [0.2, 0.25) is 0 Å². The van der Waals surface area contributed by atoms with Crippen molar-refractivity contribution in [2.45, 2.75) is 31.8 Å². The first-order valence-electron chi connectivity index (χ1n) is 5.71. The van der Waals surface area contributed by atoms with Crippen LogP contribution >= 0.6 is 15.9 Å². The van der Waals surface area contributed by atoms with E-state index in [1.807, 2.05) is 25.1 Å². The minimum absolute atomic E-state index is 0.235. The quantitative estimate of drug-likeness (QED) is 0.869. The monoisotopic (exact) mass is 297 g/mol. The van der Waals surface area contributed by atoms with E-state index >= 15 is 0 Å². The molecule has 2 rings (SSSR count). The van der Waals surface area contributed by atoms with E-state index < -0.39 is 0 Å². The van der Waals surface area contributed by atoms with Crippen molar-refractivity contribution in [3.63, 3.8) is 0 Å². The molecule has 0 radical (unpaired) electrons. The Labute approximate surface area is 110 Å². The molecule has 1 aliphatic rings. The fourth-order valence-electron chi connectivity index (χ4n) is 1.75. The molecule has 17 heavy (non-hydrogen) atoms. The molecule has 1 saturated carbocycles. The van der Waals surface area contributed by atoms with Crippen LogP contribution in [-0.4, -0.2) is 19.1 Å². The van der Waals surface area contributed by atoms with Crippen LogP contribution in [0.25, 0.3) is 0 Å². The molecule has 0 aliphatic heterocycles. The predicted octanol–water partition coefficient (Wildman–Crippen LogP) is 2.72. The lowest BCUT2D eigenvalue weighted by molar-refractivity contribution is -0.143. The molecule has 0 spiro atoms. The molecule has 1 unspecified atom stereocenters. The molecule has 1 atom stereocenters. The van der Waals surface area contributed by atoms with Gasteiger partial charge in [-0.3, -0.25) is 5.32 Å². The molecule has 0 saturated heterocycles. The van der Waals surface area contributed by atoms with Gasteiger partial charge in [-0.25, -0.2) is 4.79 Å². The molecule has 0 aromatic heterocycles. The molecular weight excluding hydrogens is 282 g/mol. The average molecular weight is 298 g/mol. The van der Waals surface area contributed by atoms with E-state index in [4.69, 9.17) is 4.74 Å². The molecule has 1 aromatic rings. The summed E-state index contributed by atoms with van der Waals surface area (Å²) in [4.78, 5) is 11.8. The SMILES string of the molecule is COC(=O)C(NC1CC1)c1ccc(C)cc1Br. The number of hydrogen-bond acceptors (Lipinski definition) is 3. The first-order valence-corrected chi connectivity index (χ1v) is 6.51. The maximum atomic E-state index is 11.8. The number of hydrogen-bond donors (Lipinski definition) is 1. The summed E-state index contributed by atoms with van der Waals surface area (Å²) < 4.78 is 5.80. The lowest BCUT2D eigenvalue weighted by Crippen LogP contribution is -2.31. The number of benzene rings is 1. The first-order chi connectivity index (χ1) is 8.11. The molecule has 0 heterocycles. The summed E-state index contributed by atoms with van der Waals surface area (Å²) in [6, 6.07) is 6.07. The average Bonchev–Trinajstić information content (AvgIpc) is 3.10. The number of halogens is 1. The number of esters is 1. The summed E-state index contributed by atoms with van der Waals surface area (Å²) in [6.07, 6.45) is 2.27. The fourth-order valence-corrected chi connectivity index (χ4v) is 2.48. The Morgan fingerprint density at radius 1 is 1.53 bits per heavy atom. The van der Waals surface area contributed by atoms with Crippen molar-refractivity contribution in [2.75, 3.05) is 7.11 Å². The molecule has 4 heteroatoms. The van der Waals surface area contributed by atoms with Gasteiger partial charge in [-0.15, -0.1) is 0 Å². The molecular formula is C13H16BrNO2. The second-order valence-corrected chi connectivity index (χ2v) is 5.28. The van der Waals surface area contributed by atoms with Crippen LogP contribution < -0.4 is 5.32 Å². The zero-order valence-corrected chi connectivity index (χ0v) is 11.6. The maximum absolute atomic E-state index is 11.8. The molecule has 92 valence electrons. The van der Waals surface area contributed by atoms with Gasteiger partial charge in [0.05, 0.1) is 7.11 Å². The normalized spacial score (nSPS) is 16.6. The topological polar surface area (TPSA) is 38.3 Å². The summed E-state index contributed by atoms with van der Waals surface area (Å²) in [7, 11) is 1.42. The molecule has 1 fully saturated rings. The lowest BCUT2D eigenvalue weighted by Gasteiger charge is -2.18. The highest BCUT2D eigenvalue weighted by atomic mass is 79.9. The van der Waals surface area contributed by atoms with E-state index in [1.165, 1.54) is 7.11 Å². The lowest BCUT2D eigenvalue weighted by atomic mass is 10.1. The van der Waals surface area contributed by atoms with Gasteiger partial charge < -0.3 is 4.74 Å². The smallest absolute Gasteiger partial charge is 0.327 e. The zero-order valence-electron chi connectivity index (χ0n) is 10.00. The highest BCUT2D eigenvalue weighted by Crippen LogP contribution is 2.29. The summed E-state index contributed by atoms with van der Waals surface area (Å²) in [5, 5.41) is 3.31. The van der Waals surface area contributed by atoms with Gasteiger partial charge in [0.25, 0.3) is 0 Å². The first kappa shape index (κ1) is 12.6. The second kappa shape index (κ2) is 5.19. The van der Waals surface area contributed by atoms with Crippen LogP contribution in [0.15, 0.2) is 22.7 Å². The number of carbonyl (C=O) groups excluding carboxylic acids is 1. The third-order valence-electron chi connectivity index (χ3n) is 2.88. The van der Waals surface area contributed by atoms with Crippen LogP contribution in [-0.2, 0) is 9.53 Å². The van der Waals surface area contributed by atoms with E-state index in [1.54, 1.807) is 0 Å². The highest BCUT2D eigenvalue weighted by Gasteiger charge is 2.31. The van der Waals surface area contributed by atoms with Gasteiger partial charge >= 0.3 is 5.97 Å². The molecule has 1 N–H and O–H groups in total. The van der Waals surface area contributed by atoms with Gasteiger partial charge in [-0.2, -0.15) is 0 Å². The van der Waals surface area contributed by atoms with Crippen molar-refractivity contribution in [2.24, 2.45) is 0 Å². The number of rotatable bonds is 4. The van der Waals surface area contributed by atoms with Gasteiger partial charge in [0.1, 0.15) is 6.04 Å². The van der Waals surface area contributed by atoms with Crippen LogP contribution in [0.3, 0.4) is 0 Å². The summed E-state index contributed by atoms with van der Waals surface area (Å²) in [5.74, 6) is -0.235. The van der Waals surface area contributed by atoms with Gasteiger partial charge in [0.2, 0.25) is 0 Å². The van der Waals surface area contributed by atoms with Crippen molar-refractivity contribution in [3.8, 4) is 0 Å². The van der Waals surface area contributed by atoms with Crippen molar-refractivity contribution >= 4 is 21.9 Å². The summed E-state index contributed by atoms with van der Waals surface area (Å²) >= 11 is 3.51. The largest absolute Gasteiger partial charge is 0.468 e. The van der Waals surface area contributed by atoms with E-state index in [0.29, 0.717) is 6.04 Å². The molecule has 1 aromatic carbocycles. The van der Waals surface area contributed by atoms with Crippen LogP contribution in [0.1, 0.15) is 30.0 Å². The minimum atomic E-state index is -0.373. The number of carbonyl (C=O) groups is 1. The van der Waals surface area contributed by atoms with E-state index in [0.717, 1.165) is 28.4 Å². The Hall–Kier alpha value is -0.870. The van der Waals surface area contributed by atoms with E-state index in [2.05, 4.69) is 21.2 Å². The number of aryl methyl sites for hydroxylation is 1. The van der Waals surface area contributed by atoms with Crippen molar-refractivity contribution < 1.29 is 9.53 Å². The molecule has 0 amide bonds. The van der Waals surface area contributed by atoms with Crippen molar-refractivity contribution in [3.05, 3.63) is 33.8 Å². The Morgan fingerprint density at radius 3 is 2.76 bits per heavy atom. The summed E-state index contributed by atoms with van der Waals surface area (Å²) in [6.45, 7) is 2.02. The third-order valence-corrected chi connectivity index (χ3v) is 3.57. The van der Waals surface area contributed by atoms with Crippen molar-refractivity contribution in [1.82, 2.24) is 5.32 Å². The Bertz CT molecular complexity index is 429. The second-order valence-electron chi connectivity index (χ2n) is 4.42. The zero-order chi connectivity index (χ0) is 12.4. The number of methoxy groups -OCH3 is 1. The Morgan fingerprint density at radius 2 is 2.24 bits per heavy atom. The van der Waals surface area contributed by atoms with Gasteiger partial charge in [-0.1, -0.05) is 28.1 Å². The number of nitrogens with one attached hydrogen (secondary N) is 1. The van der Waals surface area contributed by atoms with E-state index in [-0.39, 0.29) is 12.0 Å². The Balaban J connectivity index is 2.26. The van der Waals surface area contributed by atoms with Gasteiger partial charge in [0, 0.05) is 10.5 Å². The van der Waals surface area contributed by atoms with Crippen LogP contribution in [0, 0.1) is 6.92 Å². The van der Waals surface area contributed by atoms with Crippen LogP contribution in [0.5, 0.6) is 0 Å². The third kappa shape index (κ3) is 3.07. The van der Waals surface area contributed by atoms with Crippen molar-refractivity contribution in [1.29, 1.82) is 0 Å². The number of ether oxygens (including phenoxy) is 1. The van der Waals surface area contributed by atoms with E-state index in [9.17, 15) is 4.79 Å². The van der Waals surface area contributed by atoms with Gasteiger partial charge in [0.15, 0.2) is 0 Å². The standard InChI is InChI=1S/C13H16BrNO2/c1-8-3-6-10(11(14)7-8)12(13(16)17-2)15-9-4-5-9/h3,6-7,9,12,15H,4-5H2,1-2H3. The highest BCUT2D eigenvalue weighted by molar-refractivity contribution is 9.10. The molecule has 3 nitrogen and oxygen atoms in total. The molecule has 0 bridgehead atoms. The summed E-state index contributed by atoms with van der Waals surface area (Å²) in [5.41, 5.74) is 2.10. The molecule has 1 aliphatic carbocycles. The minimum Gasteiger partial charge on any atom is -0.468 e. The van der Waals surface area contributed by atoms with Crippen LogP contribution in [0.4, 0.5) is 0 Å². The fraction of sp³-hybridized carbons (Fsp3) is 0.462. The van der Waals surface area contributed by atoms with Gasteiger partial charge in [-0.05, 0) is 37.0 Å². The maximum Gasteiger partial charge on any atom is 0.327 e.